The van der Waals surface area contributed by atoms with Gasteiger partial charge in [0.25, 0.3) is 0 Å². The third-order valence-corrected chi connectivity index (χ3v) is 6.03. The van der Waals surface area contributed by atoms with Gasteiger partial charge in [-0.1, -0.05) is 6.07 Å². The van der Waals surface area contributed by atoms with Crippen molar-refractivity contribution in [2.45, 2.75) is 59.5 Å². The molecule has 4 heterocycles. The zero-order chi connectivity index (χ0) is 23.2. The van der Waals surface area contributed by atoms with Gasteiger partial charge in [0.2, 0.25) is 0 Å². The zero-order valence-corrected chi connectivity index (χ0v) is 19.7. The van der Waals surface area contributed by atoms with E-state index in [4.69, 9.17) is 15.7 Å². The van der Waals surface area contributed by atoms with E-state index < -0.39 is 11.8 Å². The first kappa shape index (κ1) is 22.2. The summed E-state index contributed by atoms with van der Waals surface area (Å²) in [6.07, 6.45) is -0.841. The van der Waals surface area contributed by atoms with Crippen molar-refractivity contribution >= 4 is 11.6 Å². The monoisotopic (exact) mass is 436 g/mol. The number of aryl methyl sites for hydroxylation is 1. The quantitative estimate of drug-likeness (QED) is 0.607. The Hall–Kier alpha value is -3.04. The van der Waals surface area contributed by atoms with Crippen LogP contribution in [-0.4, -0.2) is 43.4 Å². The van der Waals surface area contributed by atoms with Crippen LogP contribution in [0.5, 0.6) is 0 Å². The van der Waals surface area contributed by atoms with E-state index in [0.717, 1.165) is 53.1 Å². The summed E-state index contributed by atoms with van der Waals surface area (Å²) in [5.74, 6) is 3.03. The maximum absolute atomic E-state index is 11.3. The molecule has 0 spiro atoms. The van der Waals surface area contributed by atoms with Gasteiger partial charge in [-0.25, -0.2) is 9.97 Å². The number of aliphatic hydroxyl groups is 1. The lowest BCUT2D eigenvalue weighted by molar-refractivity contribution is 0.181. The molecule has 0 aliphatic carbocycles. The summed E-state index contributed by atoms with van der Waals surface area (Å²) in [6.45, 7) is 12.0. The highest BCUT2D eigenvalue weighted by Crippen LogP contribution is 2.40. The Morgan fingerprint density at radius 3 is 2.62 bits per heavy atom. The van der Waals surface area contributed by atoms with Crippen LogP contribution >= 0.6 is 0 Å². The molecule has 170 valence electrons. The van der Waals surface area contributed by atoms with E-state index in [1.54, 1.807) is 0 Å². The Morgan fingerprint density at radius 1 is 1.22 bits per heavy atom. The predicted molar refractivity (Wildman–Crippen MR) is 125 cm³/mol. The molecule has 0 bridgehead atoms. The molecule has 3 aromatic heterocycles. The topological polar surface area (TPSA) is 109 Å². The van der Waals surface area contributed by atoms with Gasteiger partial charge in [0.05, 0.1) is 11.2 Å². The minimum absolute atomic E-state index is 0.478. The molecule has 0 aromatic carbocycles. The molecular formula is C23H32N8O. The molecule has 4 rings (SSSR count). The van der Waals surface area contributed by atoms with Crippen molar-refractivity contribution in [1.29, 1.82) is 0 Å². The first-order valence-corrected chi connectivity index (χ1v) is 11.0. The minimum atomic E-state index is -0.841. The summed E-state index contributed by atoms with van der Waals surface area (Å²) in [5, 5.41) is 19.8. The van der Waals surface area contributed by atoms with Crippen LogP contribution in [0.1, 0.15) is 56.6 Å². The molecule has 9 nitrogen and oxygen atoms in total. The van der Waals surface area contributed by atoms with E-state index in [9.17, 15) is 5.11 Å². The molecule has 0 saturated carbocycles. The molecule has 32 heavy (non-hydrogen) atoms. The molecule has 0 radical (unpaired) electrons. The van der Waals surface area contributed by atoms with E-state index in [1.807, 2.05) is 66.5 Å². The Labute approximate surface area is 188 Å². The third kappa shape index (κ3) is 3.71. The van der Waals surface area contributed by atoms with Crippen LogP contribution in [0.15, 0.2) is 24.3 Å². The molecule has 1 unspecified atom stereocenters. The lowest BCUT2D eigenvalue weighted by atomic mass is 9.94. The SMILES string of the molecule is CCN(C)c1cc2c(c(C(C)(C)N)n1)CN(c1cccc(-c3nnc(C)n3CC)n1)C2O. The average Bonchev–Trinajstić information content (AvgIpc) is 3.31. The number of hydrogen-bond acceptors (Lipinski definition) is 8. The fourth-order valence-corrected chi connectivity index (χ4v) is 4.15. The van der Waals surface area contributed by atoms with Crippen LogP contribution in [0.2, 0.25) is 0 Å². The van der Waals surface area contributed by atoms with Gasteiger partial charge in [-0.2, -0.15) is 0 Å². The maximum atomic E-state index is 11.3. The number of rotatable bonds is 6. The van der Waals surface area contributed by atoms with Gasteiger partial charge in [0.15, 0.2) is 12.1 Å². The van der Waals surface area contributed by atoms with Gasteiger partial charge in [-0.3, -0.25) is 0 Å². The Bertz CT molecular complexity index is 1130. The maximum Gasteiger partial charge on any atom is 0.182 e. The van der Waals surface area contributed by atoms with Crippen molar-refractivity contribution in [3.05, 3.63) is 46.9 Å². The summed E-state index contributed by atoms with van der Waals surface area (Å²) in [4.78, 5) is 13.6. The number of fused-ring (bicyclic) bond motifs is 1. The van der Waals surface area contributed by atoms with Crippen LogP contribution < -0.4 is 15.5 Å². The second-order valence-electron chi connectivity index (χ2n) is 8.83. The van der Waals surface area contributed by atoms with Crippen molar-refractivity contribution in [1.82, 2.24) is 24.7 Å². The molecule has 0 amide bonds. The van der Waals surface area contributed by atoms with Crippen LogP contribution in [0, 0.1) is 6.92 Å². The van der Waals surface area contributed by atoms with Crippen LogP contribution in [0.25, 0.3) is 11.5 Å². The lowest BCUT2D eigenvalue weighted by Crippen LogP contribution is -2.32. The molecule has 1 aliphatic rings. The van der Waals surface area contributed by atoms with E-state index in [1.165, 1.54) is 0 Å². The van der Waals surface area contributed by atoms with Crippen molar-refractivity contribution in [3.8, 4) is 11.5 Å². The summed E-state index contributed by atoms with van der Waals surface area (Å²) < 4.78 is 2.02. The van der Waals surface area contributed by atoms with Gasteiger partial charge < -0.3 is 25.2 Å². The van der Waals surface area contributed by atoms with Crippen LogP contribution in [0.4, 0.5) is 11.6 Å². The third-order valence-electron chi connectivity index (χ3n) is 6.03. The predicted octanol–water partition coefficient (Wildman–Crippen LogP) is 2.72. The number of anilines is 2. The number of hydrogen-bond donors (Lipinski definition) is 2. The van der Waals surface area contributed by atoms with Crippen molar-refractivity contribution < 1.29 is 5.11 Å². The van der Waals surface area contributed by atoms with E-state index in [0.29, 0.717) is 12.4 Å². The molecule has 1 atom stereocenters. The van der Waals surface area contributed by atoms with Crippen molar-refractivity contribution in [2.75, 3.05) is 23.4 Å². The van der Waals surface area contributed by atoms with E-state index in [2.05, 4.69) is 24.0 Å². The fourth-order valence-electron chi connectivity index (χ4n) is 4.15. The summed E-state index contributed by atoms with van der Waals surface area (Å²) >= 11 is 0. The molecule has 0 fully saturated rings. The van der Waals surface area contributed by atoms with Crippen LogP contribution in [-0.2, 0) is 18.6 Å². The van der Waals surface area contributed by atoms with Gasteiger partial charge >= 0.3 is 0 Å². The number of aliphatic hydroxyl groups excluding tert-OH is 1. The molecule has 3 aromatic rings. The Balaban J connectivity index is 1.77. The standard InChI is InChI=1S/C23H32N8O/c1-7-29(6)19-12-15-16(20(26-19)23(4,5)24)13-31(22(15)32)18-11-9-10-17(25-18)21-28-27-14(3)30(21)8-2/h9-12,22,32H,7-8,13,24H2,1-6H3. The van der Waals surface area contributed by atoms with Crippen LogP contribution in [0.3, 0.4) is 0 Å². The van der Waals surface area contributed by atoms with E-state index >= 15 is 0 Å². The molecule has 3 N–H and O–H groups in total. The second-order valence-corrected chi connectivity index (χ2v) is 8.83. The molecule has 9 heteroatoms. The highest BCUT2D eigenvalue weighted by Gasteiger charge is 2.36. The lowest BCUT2D eigenvalue weighted by Gasteiger charge is -2.25. The molecule has 0 saturated heterocycles. The Morgan fingerprint density at radius 2 is 1.97 bits per heavy atom. The van der Waals surface area contributed by atoms with E-state index in [-0.39, 0.29) is 0 Å². The highest BCUT2D eigenvalue weighted by atomic mass is 16.3. The smallest absolute Gasteiger partial charge is 0.182 e. The normalized spacial score (nSPS) is 15.9. The Kier molecular flexibility index (Phi) is 5.64. The second kappa shape index (κ2) is 8.14. The van der Waals surface area contributed by atoms with Gasteiger partial charge in [-0.05, 0) is 52.8 Å². The van der Waals surface area contributed by atoms with Crippen molar-refractivity contribution in [3.63, 3.8) is 0 Å². The van der Waals surface area contributed by atoms with Gasteiger partial charge in [-0.15, -0.1) is 10.2 Å². The largest absolute Gasteiger partial charge is 0.369 e. The number of pyridine rings is 2. The number of nitrogens with zero attached hydrogens (tertiary/aromatic N) is 7. The van der Waals surface area contributed by atoms with Gasteiger partial charge in [0, 0.05) is 37.8 Å². The molecular weight excluding hydrogens is 404 g/mol. The first-order chi connectivity index (χ1) is 15.2. The summed E-state index contributed by atoms with van der Waals surface area (Å²) in [5.41, 5.74) is 9.14. The highest BCUT2D eigenvalue weighted by molar-refractivity contribution is 5.59. The minimum Gasteiger partial charge on any atom is -0.369 e. The fraction of sp³-hybridized carbons (Fsp3) is 0.478. The van der Waals surface area contributed by atoms with Crippen molar-refractivity contribution in [2.24, 2.45) is 5.73 Å². The number of nitrogens with two attached hydrogens (primary N) is 1. The zero-order valence-electron chi connectivity index (χ0n) is 19.7. The number of aromatic nitrogens is 5. The molecule has 1 aliphatic heterocycles. The first-order valence-electron chi connectivity index (χ1n) is 11.0. The average molecular weight is 437 g/mol. The summed E-state index contributed by atoms with van der Waals surface area (Å²) in [7, 11) is 1.98. The van der Waals surface area contributed by atoms with Gasteiger partial charge in [0.1, 0.15) is 23.2 Å². The summed E-state index contributed by atoms with van der Waals surface area (Å²) in [6, 6.07) is 7.70.